The number of nitrogens with one attached hydrogen (secondary N) is 1. The molecule has 5 heteroatoms. The number of ketones is 1. The fourth-order valence-electron chi connectivity index (χ4n) is 1.58. The molecule has 0 radical (unpaired) electrons. The molecule has 1 rings (SSSR count). The topological polar surface area (TPSA) is 104 Å². The smallest absolute Gasteiger partial charge is 0.174 e. The maximum absolute atomic E-state index is 11.3. The van der Waals surface area contributed by atoms with Crippen molar-refractivity contribution >= 4 is 5.78 Å². The van der Waals surface area contributed by atoms with Crippen molar-refractivity contribution in [3.05, 3.63) is 22.5 Å². The van der Waals surface area contributed by atoms with E-state index in [1.54, 1.807) is 19.1 Å². The summed E-state index contributed by atoms with van der Waals surface area (Å²) in [4.78, 5) is 14.1. The van der Waals surface area contributed by atoms with Gasteiger partial charge >= 0.3 is 0 Å². The molecule has 78 valence electrons. The van der Waals surface area contributed by atoms with Crippen molar-refractivity contribution in [3.63, 3.8) is 0 Å². The molecule has 16 heavy (non-hydrogen) atoms. The second-order valence-electron chi connectivity index (χ2n) is 3.27. The summed E-state index contributed by atoms with van der Waals surface area (Å²) in [6.07, 6.45) is 0. The van der Waals surface area contributed by atoms with Gasteiger partial charge in [0, 0.05) is 5.69 Å². The summed E-state index contributed by atoms with van der Waals surface area (Å²) in [6, 6.07) is 5.40. The molecule has 0 aromatic carbocycles. The number of aromatic amines is 1. The molecular formula is C11H8N4O. The molecule has 0 saturated carbocycles. The zero-order chi connectivity index (χ0) is 12.3. The van der Waals surface area contributed by atoms with E-state index in [4.69, 9.17) is 15.8 Å². The molecule has 1 N–H and O–H groups in total. The second kappa shape index (κ2) is 4.29. The van der Waals surface area contributed by atoms with Crippen LogP contribution in [0.3, 0.4) is 0 Å². The van der Waals surface area contributed by atoms with Crippen molar-refractivity contribution in [3.8, 4) is 18.2 Å². The van der Waals surface area contributed by atoms with Crippen LogP contribution in [-0.2, 0) is 0 Å². The molecule has 0 unspecified atom stereocenters. The number of carbonyl (C=O) groups is 1. The van der Waals surface area contributed by atoms with E-state index in [9.17, 15) is 4.79 Å². The summed E-state index contributed by atoms with van der Waals surface area (Å²) in [7, 11) is 0. The Kier molecular flexibility index (Phi) is 3.09. The fourth-order valence-corrected chi connectivity index (χ4v) is 1.58. The number of hydrogen-bond acceptors (Lipinski definition) is 4. The third kappa shape index (κ3) is 1.65. The molecule has 0 bridgehead atoms. The number of rotatable bonds is 2. The van der Waals surface area contributed by atoms with Crippen LogP contribution in [0, 0.1) is 40.9 Å². The first-order chi connectivity index (χ1) is 7.56. The lowest BCUT2D eigenvalue weighted by molar-refractivity contribution is 0.101. The highest BCUT2D eigenvalue weighted by Gasteiger charge is 2.23. The Bertz CT molecular complexity index is 549. The van der Waals surface area contributed by atoms with Crippen LogP contribution in [0.15, 0.2) is 0 Å². The van der Waals surface area contributed by atoms with Crippen molar-refractivity contribution in [2.24, 2.45) is 0 Å². The predicted octanol–water partition coefficient (Wildman–Crippen LogP) is 1.53. The normalized spacial score (nSPS) is 9.25. The molecule has 0 spiro atoms. The first-order valence-corrected chi connectivity index (χ1v) is 4.49. The van der Waals surface area contributed by atoms with Gasteiger partial charge in [-0.1, -0.05) is 0 Å². The number of aromatic nitrogens is 1. The molecule has 1 heterocycles. The Morgan fingerprint density at radius 1 is 1.31 bits per heavy atom. The Labute approximate surface area is 92.5 Å². The summed E-state index contributed by atoms with van der Waals surface area (Å²) >= 11 is 0. The van der Waals surface area contributed by atoms with Gasteiger partial charge in [-0.05, 0) is 13.8 Å². The van der Waals surface area contributed by atoms with E-state index in [0.29, 0.717) is 5.69 Å². The van der Waals surface area contributed by atoms with Gasteiger partial charge in [-0.2, -0.15) is 15.8 Å². The third-order valence-corrected chi connectivity index (χ3v) is 2.23. The lowest BCUT2D eigenvalue weighted by atomic mass is 10.0. The molecule has 0 aliphatic rings. The highest BCUT2D eigenvalue weighted by Crippen LogP contribution is 2.24. The molecule has 1 aromatic heterocycles. The zero-order valence-electron chi connectivity index (χ0n) is 8.83. The van der Waals surface area contributed by atoms with Crippen LogP contribution in [0.25, 0.3) is 0 Å². The minimum Gasteiger partial charge on any atom is -0.359 e. The third-order valence-electron chi connectivity index (χ3n) is 2.23. The second-order valence-corrected chi connectivity index (χ2v) is 3.27. The number of hydrogen-bond donors (Lipinski definition) is 1. The number of nitrogens with zero attached hydrogens (tertiary/aromatic N) is 3. The number of carbonyl (C=O) groups excluding carboxylic acids is 1. The first-order valence-electron chi connectivity index (χ1n) is 4.49. The van der Waals surface area contributed by atoms with Crippen LogP contribution >= 0.6 is 0 Å². The van der Waals surface area contributed by atoms with Crippen LogP contribution in [0.2, 0.25) is 0 Å². The van der Waals surface area contributed by atoms with Crippen LogP contribution in [0.4, 0.5) is 0 Å². The van der Waals surface area contributed by atoms with Gasteiger partial charge < -0.3 is 4.98 Å². The van der Waals surface area contributed by atoms with Gasteiger partial charge in [0.05, 0.1) is 29.0 Å². The average molecular weight is 212 g/mol. The van der Waals surface area contributed by atoms with Gasteiger partial charge in [-0.25, -0.2) is 0 Å². The molecule has 0 aliphatic carbocycles. The predicted molar refractivity (Wildman–Crippen MR) is 54.2 cm³/mol. The van der Waals surface area contributed by atoms with E-state index in [-0.39, 0.29) is 22.6 Å². The number of aryl methyl sites for hydroxylation is 1. The van der Waals surface area contributed by atoms with Crippen LogP contribution < -0.4 is 0 Å². The summed E-state index contributed by atoms with van der Waals surface area (Å²) in [5.41, 5.74) is 1.07. The Morgan fingerprint density at radius 3 is 2.25 bits per heavy atom. The summed E-state index contributed by atoms with van der Waals surface area (Å²) < 4.78 is 0. The van der Waals surface area contributed by atoms with Crippen molar-refractivity contribution in [1.29, 1.82) is 15.8 Å². The number of H-pyrrole nitrogens is 1. The monoisotopic (exact) mass is 212 g/mol. The van der Waals surface area contributed by atoms with Gasteiger partial charge in [-0.3, -0.25) is 4.79 Å². The molecule has 5 nitrogen and oxygen atoms in total. The van der Waals surface area contributed by atoms with Gasteiger partial charge in [-0.15, -0.1) is 0 Å². The van der Waals surface area contributed by atoms with Gasteiger partial charge in [0.15, 0.2) is 11.7 Å². The standard InChI is InChI=1S/C11H8N4O/c1-6-10(7(2)16)9(5-14)11(15-6)8(3-12)4-13/h8,15H,1-2H3. The largest absolute Gasteiger partial charge is 0.359 e. The van der Waals surface area contributed by atoms with Gasteiger partial charge in [0.2, 0.25) is 0 Å². The maximum atomic E-state index is 11.3. The lowest BCUT2D eigenvalue weighted by Crippen LogP contribution is -1.98. The molecule has 0 atom stereocenters. The zero-order valence-corrected chi connectivity index (χ0v) is 8.83. The van der Waals surface area contributed by atoms with E-state index in [1.165, 1.54) is 6.92 Å². The number of nitriles is 3. The van der Waals surface area contributed by atoms with Gasteiger partial charge in [0.25, 0.3) is 0 Å². The Hall–Kier alpha value is -2.58. The SMILES string of the molecule is CC(=O)c1c(C)[nH]c(C(C#N)C#N)c1C#N. The van der Waals surface area contributed by atoms with Crippen molar-refractivity contribution in [1.82, 2.24) is 4.98 Å². The highest BCUT2D eigenvalue weighted by atomic mass is 16.1. The Balaban J connectivity index is 3.53. The first kappa shape index (κ1) is 11.5. The minimum absolute atomic E-state index is 0.0955. The van der Waals surface area contributed by atoms with Crippen molar-refractivity contribution in [2.75, 3.05) is 0 Å². The molecule has 0 fully saturated rings. The molecule has 0 amide bonds. The molecule has 0 saturated heterocycles. The van der Waals surface area contributed by atoms with Crippen molar-refractivity contribution < 1.29 is 4.79 Å². The van der Waals surface area contributed by atoms with E-state index >= 15 is 0 Å². The molecular weight excluding hydrogens is 204 g/mol. The fraction of sp³-hybridized carbons (Fsp3) is 0.273. The summed E-state index contributed by atoms with van der Waals surface area (Å²) in [5.74, 6) is -1.31. The van der Waals surface area contributed by atoms with E-state index in [2.05, 4.69) is 4.98 Å². The lowest BCUT2D eigenvalue weighted by Gasteiger charge is -1.96. The quantitative estimate of drug-likeness (QED) is 0.750. The number of Topliss-reactive ketones (excluding diaryl/α,β-unsaturated/α-hetero) is 1. The summed E-state index contributed by atoms with van der Waals surface area (Å²) in [5, 5.41) is 26.5. The van der Waals surface area contributed by atoms with Crippen LogP contribution in [-0.4, -0.2) is 10.8 Å². The van der Waals surface area contributed by atoms with Gasteiger partial charge in [0.1, 0.15) is 6.07 Å². The Morgan fingerprint density at radius 2 is 1.88 bits per heavy atom. The van der Waals surface area contributed by atoms with E-state index < -0.39 is 5.92 Å². The highest BCUT2D eigenvalue weighted by molar-refractivity contribution is 5.98. The minimum atomic E-state index is -1.05. The van der Waals surface area contributed by atoms with Crippen molar-refractivity contribution in [2.45, 2.75) is 19.8 Å². The molecule has 1 aromatic rings. The maximum Gasteiger partial charge on any atom is 0.174 e. The van der Waals surface area contributed by atoms with Crippen LogP contribution in [0.5, 0.6) is 0 Å². The average Bonchev–Trinajstić information content (AvgIpc) is 2.57. The summed E-state index contributed by atoms with van der Waals surface area (Å²) in [6.45, 7) is 2.97. The van der Waals surface area contributed by atoms with Crippen LogP contribution in [0.1, 0.15) is 40.2 Å². The van der Waals surface area contributed by atoms with E-state index in [1.807, 2.05) is 6.07 Å². The molecule has 0 aliphatic heterocycles. The van der Waals surface area contributed by atoms with E-state index in [0.717, 1.165) is 0 Å².